The fraction of sp³-hybridized carbons (Fsp3) is 0.261. The zero-order valence-electron chi connectivity index (χ0n) is 16.3. The average Bonchev–Trinajstić information content (AvgIpc) is 2.79. The molecule has 1 aliphatic rings. The summed E-state index contributed by atoms with van der Waals surface area (Å²) in [6.07, 6.45) is 1.73. The fourth-order valence-electron chi connectivity index (χ4n) is 3.83. The van der Waals surface area contributed by atoms with E-state index < -0.39 is 28.1 Å². The molecule has 0 saturated heterocycles. The molecule has 150 valence electrons. The molecule has 0 heterocycles. The van der Waals surface area contributed by atoms with E-state index in [9.17, 15) is 25.4 Å². The summed E-state index contributed by atoms with van der Waals surface area (Å²) in [5, 5.41) is 30.8. The monoisotopic (exact) mass is 401 g/mol. The second-order valence-corrected chi connectivity index (χ2v) is 7.01. The first-order valence-corrected chi connectivity index (χ1v) is 9.47. The molecular formula is C23H19N3O4. The Hall–Kier alpha value is -3.97. The number of nitriles is 2. The Labute approximate surface area is 174 Å². The summed E-state index contributed by atoms with van der Waals surface area (Å²) in [5.41, 5.74) is 0.358. The Morgan fingerprint density at radius 2 is 1.80 bits per heavy atom. The third-order valence-electron chi connectivity index (χ3n) is 5.31. The van der Waals surface area contributed by atoms with Gasteiger partial charge in [0.05, 0.1) is 29.6 Å². The molecule has 0 radical (unpaired) electrons. The van der Waals surface area contributed by atoms with Gasteiger partial charge in [-0.25, -0.2) is 0 Å². The number of benzene rings is 2. The minimum atomic E-state index is -1.50. The predicted octanol–water partition coefficient (Wildman–Crippen LogP) is 4.38. The van der Waals surface area contributed by atoms with Gasteiger partial charge in [0.1, 0.15) is 0 Å². The van der Waals surface area contributed by atoms with E-state index >= 15 is 0 Å². The maximum absolute atomic E-state index is 12.7. The van der Waals surface area contributed by atoms with Crippen molar-refractivity contribution in [2.24, 2.45) is 11.3 Å². The topological polar surface area (TPSA) is 117 Å². The fourth-order valence-corrected chi connectivity index (χ4v) is 3.83. The van der Waals surface area contributed by atoms with E-state index in [2.05, 4.69) is 12.1 Å². The van der Waals surface area contributed by atoms with Gasteiger partial charge >= 0.3 is 5.97 Å². The number of hydrogen-bond donors (Lipinski definition) is 0. The van der Waals surface area contributed by atoms with Crippen molar-refractivity contribution in [2.75, 3.05) is 6.61 Å². The van der Waals surface area contributed by atoms with E-state index in [0.29, 0.717) is 11.1 Å². The van der Waals surface area contributed by atoms with E-state index in [1.54, 1.807) is 25.1 Å². The predicted molar refractivity (Wildman–Crippen MR) is 109 cm³/mol. The quantitative estimate of drug-likeness (QED) is 0.417. The van der Waals surface area contributed by atoms with Crippen LogP contribution in [0.5, 0.6) is 0 Å². The molecule has 0 saturated carbocycles. The highest BCUT2D eigenvalue weighted by Gasteiger charge is 2.47. The molecule has 2 aromatic carbocycles. The van der Waals surface area contributed by atoms with Crippen LogP contribution in [0.3, 0.4) is 0 Å². The molecule has 30 heavy (non-hydrogen) atoms. The zero-order chi connectivity index (χ0) is 21.7. The Morgan fingerprint density at radius 3 is 2.33 bits per heavy atom. The molecule has 0 aliphatic heterocycles. The third-order valence-corrected chi connectivity index (χ3v) is 5.31. The van der Waals surface area contributed by atoms with E-state index in [-0.39, 0.29) is 18.7 Å². The molecule has 2 aromatic rings. The lowest BCUT2D eigenvalue weighted by Gasteiger charge is -2.36. The number of nitro groups is 1. The second kappa shape index (κ2) is 8.59. The maximum atomic E-state index is 12.7. The molecule has 2 atom stereocenters. The van der Waals surface area contributed by atoms with Crippen LogP contribution in [-0.2, 0) is 9.53 Å². The molecule has 0 aromatic heterocycles. The molecule has 0 bridgehead atoms. The summed E-state index contributed by atoms with van der Waals surface area (Å²) in [6, 6.07) is 19.3. The summed E-state index contributed by atoms with van der Waals surface area (Å²) in [5.74, 6) is -1.76. The number of ether oxygens (including phenoxy) is 1. The average molecular weight is 401 g/mol. The van der Waals surface area contributed by atoms with Crippen molar-refractivity contribution in [2.45, 2.75) is 19.3 Å². The van der Waals surface area contributed by atoms with Gasteiger partial charge in [0.2, 0.25) is 0 Å². The van der Waals surface area contributed by atoms with Crippen molar-refractivity contribution in [1.82, 2.24) is 0 Å². The van der Waals surface area contributed by atoms with Crippen molar-refractivity contribution in [3.05, 3.63) is 81.9 Å². The van der Waals surface area contributed by atoms with Gasteiger partial charge in [0.15, 0.2) is 5.41 Å². The van der Waals surface area contributed by atoms with Gasteiger partial charge in [-0.15, -0.1) is 0 Å². The summed E-state index contributed by atoms with van der Waals surface area (Å²) in [6.45, 7) is 1.86. The molecule has 1 aliphatic carbocycles. The van der Waals surface area contributed by atoms with Gasteiger partial charge in [-0.1, -0.05) is 48.5 Å². The number of carbonyl (C=O) groups is 1. The normalized spacial score (nSPS) is 19.6. The molecule has 0 spiro atoms. The van der Waals surface area contributed by atoms with Gasteiger partial charge in [-0.05, 0) is 30.0 Å². The van der Waals surface area contributed by atoms with E-state index in [1.807, 2.05) is 30.3 Å². The number of nitrogens with zero attached hydrogens (tertiary/aromatic N) is 3. The number of esters is 1. The van der Waals surface area contributed by atoms with E-state index in [4.69, 9.17) is 4.74 Å². The van der Waals surface area contributed by atoms with Crippen LogP contribution in [0.1, 0.15) is 30.4 Å². The standard InChI is InChI=1S/C23H19N3O4/c1-2-30-22(27)20-13-23(14-24,15-25)21(17-6-4-3-5-7-17)12-19(20)16-8-10-18(11-9-16)26(28)29/h3-12,19-20H,2,13H2,1H3/t19-,20+/m0/s1. The number of hydrogen-bond acceptors (Lipinski definition) is 6. The van der Waals surface area contributed by atoms with Gasteiger partial charge in [0.25, 0.3) is 5.69 Å². The van der Waals surface area contributed by atoms with Gasteiger partial charge in [0, 0.05) is 18.1 Å². The van der Waals surface area contributed by atoms with Crippen LogP contribution < -0.4 is 0 Å². The van der Waals surface area contributed by atoms with Crippen molar-refractivity contribution >= 4 is 17.2 Å². The Bertz CT molecular complexity index is 1050. The Balaban J connectivity index is 2.19. The molecule has 0 fully saturated rings. The van der Waals surface area contributed by atoms with E-state index in [0.717, 1.165) is 5.56 Å². The van der Waals surface area contributed by atoms with Crippen molar-refractivity contribution in [1.29, 1.82) is 10.5 Å². The van der Waals surface area contributed by atoms with Crippen LogP contribution in [0.2, 0.25) is 0 Å². The molecule has 7 nitrogen and oxygen atoms in total. The summed E-state index contributed by atoms with van der Waals surface area (Å²) < 4.78 is 5.22. The molecule has 3 rings (SSSR count). The van der Waals surface area contributed by atoms with Crippen molar-refractivity contribution in [3.8, 4) is 12.1 Å². The molecule has 0 N–H and O–H groups in total. The first-order chi connectivity index (χ1) is 14.5. The van der Waals surface area contributed by atoms with Crippen LogP contribution in [-0.4, -0.2) is 17.5 Å². The Kier molecular flexibility index (Phi) is 5.94. The first-order valence-electron chi connectivity index (χ1n) is 9.47. The van der Waals surface area contributed by atoms with E-state index in [1.165, 1.54) is 12.1 Å². The number of carbonyl (C=O) groups excluding carboxylic acids is 1. The lowest BCUT2D eigenvalue weighted by atomic mass is 9.63. The van der Waals surface area contributed by atoms with Gasteiger partial charge < -0.3 is 4.74 Å². The third kappa shape index (κ3) is 3.78. The summed E-state index contributed by atoms with van der Waals surface area (Å²) in [4.78, 5) is 23.2. The highest BCUT2D eigenvalue weighted by atomic mass is 16.6. The largest absolute Gasteiger partial charge is 0.466 e. The van der Waals surface area contributed by atoms with Gasteiger partial charge in [-0.2, -0.15) is 10.5 Å². The zero-order valence-corrected chi connectivity index (χ0v) is 16.3. The maximum Gasteiger partial charge on any atom is 0.309 e. The highest BCUT2D eigenvalue weighted by molar-refractivity contribution is 5.83. The van der Waals surface area contributed by atoms with Gasteiger partial charge in [-0.3, -0.25) is 14.9 Å². The SMILES string of the molecule is CCOC(=O)[C@@H]1CC(C#N)(C#N)C(c2ccccc2)=C[C@H]1c1ccc([N+](=O)[O-])cc1. The minimum Gasteiger partial charge on any atom is -0.466 e. The number of non-ortho nitro benzene ring substituents is 1. The molecule has 0 amide bonds. The Morgan fingerprint density at radius 1 is 1.17 bits per heavy atom. The van der Waals surface area contributed by atoms with Crippen molar-refractivity contribution in [3.63, 3.8) is 0 Å². The highest BCUT2D eigenvalue weighted by Crippen LogP contribution is 2.50. The second-order valence-electron chi connectivity index (χ2n) is 7.01. The van der Waals surface area contributed by atoms with Crippen LogP contribution in [0, 0.1) is 44.1 Å². The van der Waals surface area contributed by atoms with Crippen molar-refractivity contribution < 1.29 is 14.5 Å². The molecule has 7 heteroatoms. The number of rotatable bonds is 5. The van der Waals surface area contributed by atoms with Crippen LogP contribution in [0.25, 0.3) is 5.57 Å². The van der Waals surface area contributed by atoms with Crippen LogP contribution in [0.15, 0.2) is 60.7 Å². The summed E-state index contributed by atoms with van der Waals surface area (Å²) >= 11 is 0. The van der Waals surface area contributed by atoms with Crippen LogP contribution >= 0.6 is 0 Å². The lowest BCUT2D eigenvalue weighted by molar-refractivity contribution is -0.384. The number of nitro benzene ring substituents is 1. The van der Waals surface area contributed by atoms with Crippen LogP contribution in [0.4, 0.5) is 5.69 Å². The first kappa shape index (κ1) is 20.8. The summed E-state index contributed by atoms with van der Waals surface area (Å²) in [7, 11) is 0. The molecule has 0 unspecified atom stereocenters. The minimum absolute atomic E-state index is 0.0266. The lowest BCUT2D eigenvalue weighted by Crippen LogP contribution is -2.35. The molecular weight excluding hydrogens is 382 g/mol. The number of allylic oxidation sites excluding steroid dienone is 2. The smallest absolute Gasteiger partial charge is 0.309 e.